The van der Waals surface area contributed by atoms with Crippen LogP contribution < -0.4 is 33.7 Å². The molecule has 7 rings (SSSR count). The fourth-order valence-corrected chi connectivity index (χ4v) is 6.51. The van der Waals surface area contributed by atoms with Crippen LogP contribution in [0, 0.1) is 22.7 Å². The molecule has 2 aliphatic heterocycles. The van der Waals surface area contributed by atoms with Gasteiger partial charge in [0, 0.05) is 0 Å². The third-order valence-electron chi connectivity index (χ3n) is 8.81. The Balaban J connectivity index is 1.40. The Bertz CT molecular complexity index is 2180. The minimum atomic E-state index is -1.56. The second kappa shape index (κ2) is 8.47. The predicted molar refractivity (Wildman–Crippen MR) is 152 cm³/mol. The Morgan fingerprint density at radius 1 is 0.595 bits per heavy atom. The molecule has 42 heavy (non-hydrogen) atoms. The van der Waals surface area contributed by atoms with E-state index in [1.54, 1.807) is 60.7 Å². The smallest absolute Gasteiger partial charge is 0.274 e. The molecule has 0 radical (unpaired) electrons. The van der Waals surface area contributed by atoms with E-state index in [1.165, 1.54) is 21.5 Å². The number of rotatable bonds is 2. The van der Waals surface area contributed by atoms with Gasteiger partial charge in [-0.25, -0.2) is 18.7 Å². The maximum absolute atomic E-state index is 13.4. The molecular weight excluding hydrogens is 536 g/mol. The van der Waals surface area contributed by atoms with Gasteiger partial charge < -0.3 is 11.5 Å². The molecule has 0 saturated carbocycles. The molecule has 206 valence electrons. The van der Waals surface area contributed by atoms with Crippen LogP contribution >= 0.6 is 0 Å². The molecule has 4 unspecified atom stereocenters. The minimum absolute atomic E-state index is 0.193. The van der Waals surface area contributed by atoms with Gasteiger partial charge in [0.25, 0.3) is 22.2 Å². The summed E-state index contributed by atoms with van der Waals surface area (Å²) in [5.74, 6) is 0. The van der Waals surface area contributed by atoms with E-state index in [1.807, 2.05) is 0 Å². The molecule has 12 heteroatoms. The number of hydrogen-bond acceptors (Lipinski definition) is 8. The van der Waals surface area contributed by atoms with Crippen LogP contribution in [-0.4, -0.2) is 18.7 Å². The van der Waals surface area contributed by atoms with Crippen LogP contribution in [0.25, 0.3) is 21.5 Å². The molecule has 0 bridgehead atoms. The summed E-state index contributed by atoms with van der Waals surface area (Å²) in [6.45, 7) is -0.410. The monoisotopic (exact) mass is 558 g/mol. The van der Waals surface area contributed by atoms with Gasteiger partial charge in [-0.05, 0) is 35.4 Å². The summed E-state index contributed by atoms with van der Waals surface area (Å²) < 4.78 is 4.60. The molecule has 3 aromatic carbocycles. The van der Waals surface area contributed by atoms with Crippen molar-refractivity contribution in [3.05, 3.63) is 125 Å². The van der Waals surface area contributed by atoms with Crippen LogP contribution in [0.3, 0.4) is 0 Å². The molecule has 2 aliphatic rings. The average Bonchev–Trinajstić information content (AvgIpc) is 3.51. The van der Waals surface area contributed by atoms with Crippen LogP contribution in [0.1, 0.15) is 23.5 Å². The van der Waals surface area contributed by atoms with E-state index in [9.17, 15) is 29.7 Å². The standard InChI is InChI=1S/C30H22N8O4/c31-13-29(15-35-23(39)19-8-1-3-10-21(19)25(41)37(35)27(29)33)17-6-5-7-18(12-17)30(14-32)16-36-24(40)20-9-2-4-11-22(20)26(42)38(36)28(30)34/h1-12,27-28H,15-16,33-34H2. The highest BCUT2D eigenvalue weighted by Gasteiger charge is 2.51. The Morgan fingerprint density at radius 2 is 0.952 bits per heavy atom. The van der Waals surface area contributed by atoms with Crippen molar-refractivity contribution >= 4 is 21.5 Å². The largest absolute Gasteiger partial charge is 0.308 e. The van der Waals surface area contributed by atoms with Crippen molar-refractivity contribution in [1.29, 1.82) is 10.5 Å². The zero-order valence-corrected chi connectivity index (χ0v) is 22.0. The second-order valence-corrected chi connectivity index (χ2v) is 10.8. The zero-order chi connectivity index (χ0) is 29.6. The molecule has 5 aromatic rings. The number of nitriles is 2. The first-order valence-electron chi connectivity index (χ1n) is 13.1. The molecule has 0 fully saturated rings. The van der Waals surface area contributed by atoms with Gasteiger partial charge in [-0.3, -0.25) is 19.2 Å². The first-order chi connectivity index (χ1) is 20.2. The lowest BCUT2D eigenvalue weighted by Crippen LogP contribution is -2.42. The van der Waals surface area contributed by atoms with Crippen molar-refractivity contribution in [2.75, 3.05) is 0 Å². The Kier molecular flexibility index (Phi) is 5.13. The molecule has 12 nitrogen and oxygen atoms in total. The van der Waals surface area contributed by atoms with Crippen molar-refractivity contribution in [2.45, 2.75) is 36.3 Å². The molecule has 0 amide bonds. The number of nitrogens with two attached hydrogens (primary N) is 2. The summed E-state index contributed by atoms with van der Waals surface area (Å²) in [7, 11) is 0. The fraction of sp³-hybridized carbons (Fsp3) is 0.200. The maximum Gasteiger partial charge on any atom is 0.274 e. The summed E-state index contributed by atoms with van der Waals surface area (Å²) in [5, 5.41) is 21.9. The number of fused-ring (bicyclic) bond motifs is 4. The number of benzene rings is 3. The number of aromatic nitrogens is 4. The van der Waals surface area contributed by atoms with Crippen LogP contribution in [0.5, 0.6) is 0 Å². The highest BCUT2D eigenvalue weighted by atomic mass is 16.2. The Labute approximate surface area is 236 Å². The van der Waals surface area contributed by atoms with Gasteiger partial charge in [-0.15, -0.1) is 0 Å². The summed E-state index contributed by atoms with van der Waals surface area (Å²) in [4.78, 5) is 53.6. The summed E-state index contributed by atoms with van der Waals surface area (Å²) in [6, 6.07) is 23.8. The lowest BCUT2D eigenvalue weighted by Gasteiger charge is -2.29. The van der Waals surface area contributed by atoms with Crippen molar-refractivity contribution in [1.82, 2.24) is 18.7 Å². The van der Waals surface area contributed by atoms with E-state index in [4.69, 9.17) is 11.5 Å². The van der Waals surface area contributed by atoms with Crippen LogP contribution in [-0.2, 0) is 23.9 Å². The molecule has 4 N–H and O–H groups in total. The third-order valence-corrected chi connectivity index (χ3v) is 8.81. The van der Waals surface area contributed by atoms with Crippen molar-refractivity contribution in [3.63, 3.8) is 0 Å². The van der Waals surface area contributed by atoms with Crippen molar-refractivity contribution in [3.8, 4) is 12.1 Å². The van der Waals surface area contributed by atoms with Gasteiger partial charge >= 0.3 is 0 Å². The van der Waals surface area contributed by atoms with E-state index in [0.717, 1.165) is 9.36 Å². The van der Waals surface area contributed by atoms with Gasteiger partial charge in [-0.2, -0.15) is 10.5 Å². The maximum atomic E-state index is 13.4. The van der Waals surface area contributed by atoms with Gasteiger partial charge in [-0.1, -0.05) is 48.5 Å². The van der Waals surface area contributed by atoms with Crippen molar-refractivity contribution < 1.29 is 0 Å². The van der Waals surface area contributed by atoms with E-state index < -0.39 is 45.4 Å². The topological polar surface area (TPSA) is 188 Å². The molecule has 0 aliphatic carbocycles. The first-order valence-corrected chi connectivity index (χ1v) is 13.1. The SMILES string of the molecule is N#CC1(c2cccc(C3(C#N)Cn4c(=O)c5ccccc5c(=O)n4C3N)c2)Cn2c(=O)c3ccccc3c(=O)n2C1N. The minimum Gasteiger partial charge on any atom is -0.308 e. The molecule has 0 saturated heterocycles. The highest BCUT2D eigenvalue weighted by molar-refractivity contribution is 5.81. The Hall–Kier alpha value is -5.56. The summed E-state index contributed by atoms with van der Waals surface area (Å²) >= 11 is 0. The van der Waals surface area contributed by atoms with Gasteiger partial charge in [0.15, 0.2) is 0 Å². The zero-order valence-electron chi connectivity index (χ0n) is 22.0. The van der Waals surface area contributed by atoms with E-state index in [-0.39, 0.29) is 34.6 Å². The van der Waals surface area contributed by atoms with E-state index in [0.29, 0.717) is 11.1 Å². The lowest BCUT2D eigenvalue weighted by atomic mass is 9.74. The summed E-state index contributed by atoms with van der Waals surface area (Å²) in [5.41, 5.74) is 8.87. The van der Waals surface area contributed by atoms with Crippen LogP contribution in [0.2, 0.25) is 0 Å². The predicted octanol–water partition coefficient (Wildman–Crippen LogP) is 0.505. The molecule has 4 heterocycles. The average molecular weight is 559 g/mol. The Morgan fingerprint density at radius 3 is 1.31 bits per heavy atom. The van der Waals surface area contributed by atoms with Crippen molar-refractivity contribution in [2.24, 2.45) is 11.5 Å². The lowest BCUT2D eigenvalue weighted by molar-refractivity contribution is 0.386. The van der Waals surface area contributed by atoms with Gasteiger partial charge in [0.05, 0.1) is 46.8 Å². The van der Waals surface area contributed by atoms with E-state index in [2.05, 4.69) is 12.1 Å². The van der Waals surface area contributed by atoms with Gasteiger partial charge in [0.1, 0.15) is 23.2 Å². The quantitative estimate of drug-likeness (QED) is 0.313. The molecule has 0 spiro atoms. The molecular formula is C30H22N8O4. The van der Waals surface area contributed by atoms with Crippen LogP contribution in [0.4, 0.5) is 0 Å². The molecule has 4 atom stereocenters. The fourth-order valence-electron chi connectivity index (χ4n) is 6.51. The van der Waals surface area contributed by atoms with Crippen LogP contribution in [0.15, 0.2) is 92.0 Å². The molecule has 2 aromatic heterocycles. The number of hydrogen-bond donors (Lipinski definition) is 2. The normalized spacial score (nSPS) is 24.3. The first kappa shape index (κ1) is 25.4. The summed E-state index contributed by atoms with van der Waals surface area (Å²) in [6.07, 6.45) is -2.46. The second-order valence-electron chi connectivity index (χ2n) is 10.8. The number of nitrogens with zero attached hydrogens (tertiary/aromatic N) is 6. The van der Waals surface area contributed by atoms with Gasteiger partial charge in [0.2, 0.25) is 0 Å². The third kappa shape index (κ3) is 2.94. The highest BCUT2D eigenvalue weighted by Crippen LogP contribution is 2.42. The van der Waals surface area contributed by atoms with E-state index >= 15 is 0 Å².